The van der Waals surface area contributed by atoms with Crippen molar-refractivity contribution in [3.05, 3.63) is 0 Å². The predicted molar refractivity (Wildman–Crippen MR) is 61.6 cm³/mol. The monoisotopic (exact) mass is 245 g/mol. The molecule has 7 heteroatoms. The smallest absolute Gasteiger partial charge is 0.323 e. The van der Waals surface area contributed by atoms with Gasteiger partial charge in [-0.2, -0.15) is 0 Å². The Morgan fingerprint density at radius 1 is 1.18 bits per heavy atom. The number of rotatable bonds is 7. The maximum Gasteiger partial charge on any atom is 0.323 e. The van der Waals surface area contributed by atoms with Gasteiger partial charge in [0.25, 0.3) is 0 Å². The third-order valence-electron chi connectivity index (χ3n) is 1.88. The van der Waals surface area contributed by atoms with E-state index in [0.29, 0.717) is 19.5 Å². The highest BCUT2D eigenvalue weighted by Gasteiger charge is 2.14. The second kappa shape index (κ2) is 8.37. The van der Waals surface area contributed by atoms with Crippen LogP contribution in [0.4, 0.5) is 4.79 Å². The lowest BCUT2D eigenvalue weighted by atomic mass is 10.4. The van der Waals surface area contributed by atoms with E-state index in [0.717, 1.165) is 0 Å². The Kier molecular flexibility index (Phi) is 7.49. The van der Waals surface area contributed by atoms with Gasteiger partial charge in [-0.25, -0.2) is 4.79 Å². The molecule has 0 aliphatic heterocycles. The molecule has 0 radical (unpaired) electrons. The lowest BCUT2D eigenvalue weighted by molar-refractivity contribution is -0.137. The lowest BCUT2D eigenvalue weighted by Gasteiger charge is -2.20. The fourth-order valence-electron chi connectivity index (χ4n) is 1.21. The van der Waals surface area contributed by atoms with E-state index in [1.807, 2.05) is 6.92 Å². The minimum Gasteiger partial charge on any atom is -0.480 e. The Bertz CT molecular complexity index is 281. The Balaban J connectivity index is 3.96. The van der Waals surface area contributed by atoms with Crippen LogP contribution in [-0.2, 0) is 9.59 Å². The third-order valence-corrected chi connectivity index (χ3v) is 1.88. The number of hydrogen-bond donors (Lipinski definition) is 3. The number of aliphatic carboxylic acids is 1. The van der Waals surface area contributed by atoms with Crippen molar-refractivity contribution in [2.24, 2.45) is 0 Å². The molecule has 3 N–H and O–H groups in total. The largest absolute Gasteiger partial charge is 0.480 e. The van der Waals surface area contributed by atoms with Gasteiger partial charge in [0.1, 0.15) is 6.54 Å². The number of amides is 3. The average Bonchev–Trinajstić information content (AvgIpc) is 2.22. The van der Waals surface area contributed by atoms with Gasteiger partial charge in [-0.3, -0.25) is 9.59 Å². The Morgan fingerprint density at radius 2 is 1.76 bits per heavy atom. The maximum absolute atomic E-state index is 11.6. The first kappa shape index (κ1) is 15.2. The molecule has 7 nitrogen and oxygen atoms in total. The van der Waals surface area contributed by atoms with Crippen LogP contribution >= 0.6 is 0 Å². The summed E-state index contributed by atoms with van der Waals surface area (Å²) in [5.74, 6) is -1.22. The first-order chi connectivity index (χ1) is 7.97. The van der Waals surface area contributed by atoms with Crippen molar-refractivity contribution in [2.75, 3.05) is 26.2 Å². The molecule has 0 unspecified atom stereocenters. The van der Waals surface area contributed by atoms with E-state index < -0.39 is 12.0 Å². The Hall–Kier alpha value is -1.79. The highest BCUT2D eigenvalue weighted by molar-refractivity contribution is 5.80. The molecule has 0 atom stereocenters. The van der Waals surface area contributed by atoms with Gasteiger partial charge < -0.3 is 20.6 Å². The molecule has 0 fully saturated rings. The van der Waals surface area contributed by atoms with E-state index in [-0.39, 0.29) is 19.0 Å². The minimum absolute atomic E-state index is 0.171. The van der Waals surface area contributed by atoms with Crippen LogP contribution in [0.3, 0.4) is 0 Å². The molecule has 0 bridgehead atoms. The van der Waals surface area contributed by atoms with E-state index in [9.17, 15) is 14.4 Å². The summed E-state index contributed by atoms with van der Waals surface area (Å²) in [4.78, 5) is 33.9. The van der Waals surface area contributed by atoms with E-state index in [2.05, 4.69) is 10.6 Å². The molecule has 0 aromatic rings. The Morgan fingerprint density at radius 3 is 2.24 bits per heavy atom. The number of carbonyl (C=O) groups is 3. The zero-order valence-corrected chi connectivity index (χ0v) is 10.2. The molecule has 17 heavy (non-hydrogen) atoms. The fourth-order valence-corrected chi connectivity index (χ4v) is 1.21. The van der Waals surface area contributed by atoms with Gasteiger partial charge in [-0.05, 0) is 6.42 Å². The van der Waals surface area contributed by atoms with Gasteiger partial charge >= 0.3 is 12.0 Å². The molecule has 0 aliphatic rings. The van der Waals surface area contributed by atoms with Crippen molar-refractivity contribution in [1.29, 1.82) is 0 Å². The molecule has 3 amide bonds. The molecule has 0 saturated heterocycles. The summed E-state index contributed by atoms with van der Waals surface area (Å²) in [5, 5.41) is 13.7. The molecular weight excluding hydrogens is 226 g/mol. The van der Waals surface area contributed by atoms with Crippen LogP contribution in [0, 0.1) is 0 Å². The maximum atomic E-state index is 11.6. The van der Waals surface area contributed by atoms with Crippen LogP contribution in [0.5, 0.6) is 0 Å². The molecule has 0 heterocycles. The second-order valence-electron chi connectivity index (χ2n) is 3.53. The van der Waals surface area contributed by atoms with E-state index in [1.165, 1.54) is 11.8 Å². The number of hydrogen-bond acceptors (Lipinski definition) is 3. The third kappa shape index (κ3) is 8.06. The van der Waals surface area contributed by atoms with E-state index in [1.54, 1.807) is 0 Å². The standard InChI is InChI=1S/C10H19N3O4/c1-3-6-13(7-9(15)16)10(17)12-5-4-11-8(2)14/h3-7H2,1-2H3,(H,11,14)(H,12,17)(H,15,16). The number of nitrogens with one attached hydrogen (secondary N) is 2. The highest BCUT2D eigenvalue weighted by atomic mass is 16.4. The molecule has 0 aliphatic carbocycles. The summed E-state index contributed by atoms with van der Waals surface area (Å²) < 4.78 is 0. The van der Waals surface area contributed by atoms with Crippen LogP contribution in [0.15, 0.2) is 0 Å². The minimum atomic E-state index is -1.05. The molecule has 0 spiro atoms. The normalized spacial score (nSPS) is 9.53. The molecule has 0 aromatic heterocycles. The summed E-state index contributed by atoms with van der Waals surface area (Å²) in [6.45, 7) is 3.92. The van der Waals surface area contributed by atoms with Crippen molar-refractivity contribution in [1.82, 2.24) is 15.5 Å². The average molecular weight is 245 g/mol. The van der Waals surface area contributed by atoms with Crippen molar-refractivity contribution in [3.8, 4) is 0 Å². The van der Waals surface area contributed by atoms with Crippen molar-refractivity contribution in [3.63, 3.8) is 0 Å². The summed E-state index contributed by atoms with van der Waals surface area (Å²) >= 11 is 0. The Labute approximate surface area is 100 Å². The van der Waals surface area contributed by atoms with Gasteiger partial charge in [0.15, 0.2) is 0 Å². The number of carboxylic acid groups (broad SMARTS) is 1. The van der Waals surface area contributed by atoms with Gasteiger partial charge in [0, 0.05) is 26.6 Å². The van der Waals surface area contributed by atoms with Gasteiger partial charge in [0.2, 0.25) is 5.91 Å². The number of carboxylic acids is 1. The van der Waals surface area contributed by atoms with Crippen molar-refractivity contribution in [2.45, 2.75) is 20.3 Å². The molecule has 98 valence electrons. The van der Waals surface area contributed by atoms with Crippen LogP contribution in [0.2, 0.25) is 0 Å². The fraction of sp³-hybridized carbons (Fsp3) is 0.700. The summed E-state index contributed by atoms with van der Waals surface area (Å²) in [6, 6.07) is -0.431. The van der Waals surface area contributed by atoms with E-state index in [4.69, 9.17) is 5.11 Å². The molecule has 0 saturated carbocycles. The zero-order chi connectivity index (χ0) is 13.3. The highest BCUT2D eigenvalue weighted by Crippen LogP contribution is 1.92. The SMILES string of the molecule is CCCN(CC(=O)O)C(=O)NCCNC(C)=O. The molecule has 0 rings (SSSR count). The zero-order valence-electron chi connectivity index (χ0n) is 10.2. The van der Waals surface area contributed by atoms with Gasteiger partial charge in [-0.1, -0.05) is 6.92 Å². The van der Waals surface area contributed by atoms with E-state index >= 15 is 0 Å². The van der Waals surface area contributed by atoms with Crippen LogP contribution in [-0.4, -0.2) is 54.1 Å². The van der Waals surface area contributed by atoms with Crippen LogP contribution in [0.25, 0.3) is 0 Å². The molecular formula is C10H19N3O4. The first-order valence-corrected chi connectivity index (χ1v) is 5.46. The van der Waals surface area contributed by atoms with Crippen molar-refractivity contribution < 1.29 is 19.5 Å². The summed E-state index contributed by atoms with van der Waals surface area (Å²) in [6.07, 6.45) is 0.687. The predicted octanol–water partition coefficient (Wildman–Crippen LogP) is -0.371. The number of urea groups is 1. The van der Waals surface area contributed by atoms with Crippen LogP contribution in [0.1, 0.15) is 20.3 Å². The topological polar surface area (TPSA) is 98.7 Å². The van der Waals surface area contributed by atoms with Gasteiger partial charge in [0.05, 0.1) is 0 Å². The number of nitrogens with zero attached hydrogens (tertiary/aromatic N) is 1. The number of carbonyl (C=O) groups excluding carboxylic acids is 2. The van der Waals surface area contributed by atoms with Crippen molar-refractivity contribution >= 4 is 17.9 Å². The van der Waals surface area contributed by atoms with Gasteiger partial charge in [-0.15, -0.1) is 0 Å². The lowest BCUT2D eigenvalue weighted by Crippen LogP contribution is -2.45. The first-order valence-electron chi connectivity index (χ1n) is 5.46. The van der Waals surface area contributed by atoms with Crippen LogP contribution < -0.4 is 10.6 Å². The molecule has 0 aromatic carbocycles. The second-order valence-corrected chi connectivity index (χ2v) is 3.53. The quantitative estimate of drug-likeness (QED) is 0.533. The summed E-state index contributed by atoms with van der Waals surface area (Å²) in [5.41, 5.74) is 0. The summed E-state index contributed by atoms with van der Waals surface area (Å²) in [7, 11) is 0.